The maximum Gasteiger partial charge on any atom is 0.239 e. The minimum Gasteiger partial charge on any atom is -0.388 e. The van der Waals surface area contributed by atoms with Crippen molar-refractivity contribution in [3.63, 3.8) is 0 Å². The minimum absolute atomic E-state index is 0.0642. The molecule has 108 valence electrons. The molecule has 1 amide bonds. The van der Waals surface area contributed by atoms with Gasteiger partial charge in [-0.2, -0.15) is 5.26 Å². The molecule has 0 saturated carbocycles. The molecule has 1 aromatic carbocycles. The van der Waals surface area contributed by atoms with Crippen LogP contribution in [-0.2, 0) is 4.79 Å². The van der Waals surface area contributed by atoms with Crippen molar-refractivity contribution in [2.24, 2.45) is 5.92 Å². The molecule has 1 aromatic rings. The molecule has 0 saturated heterocycles. The van der Waals surface area contributed by atoms with Crippen molar-refractivity contribution in [3.05, 3.63) is 29.8 Å². The summed E-state index contributed by atoms with van der Waals surface area (Å²) < 4.78 is 0. The molecule has 1 rings (SSSR count). The number of amides is 1. The summed E-state index contributed by atoms with van der Waals surface area (Å²) in [5.41, 5.74) is 0.437. The number of carbonyl (C=O) groups is 1. The van der Waals surface area contributed by atoms with Crippen molar-refractivity contribution < 1.29 is 9.90 Å². The fourth-order valence-electron chi connectivity index (χ4n) is 1.39. The molecule has 0 aliphatic carbocycles. The first-order valence-corrected chi connectivity index (χ1v) is 6.58. The number of hydrogen-bond acceptors (Lipinski definition) is 4. The Bertz CT molecular complexity index is 487. The predicted molar refractivity (Wildman–Crippen MR) is 78.1 cm³/mol. The van der Waals surface area contributed by atoms with Gasteiger partial charge in [0.2, 0.25) is 5.91 Å². The van der Waals surface area contributed by atoms with Crippen LogP contribution < -0.4 is 10.6 Å². The Kier molecular flexibility index (Phi) is 5.53. The molecule has 0 aliphatic rings. The lowest BCUT2D eigenvalue weighted by Crippen LogP contribution is -2.45. The maximum atomic E-state index is 11.7. The Balaban J connectivity index is 2.38. The summed E-state index contributed by atoms with van der Waals surface area (Å²) in [5.74, 6) is -0.121. The standard InChI is InChI=1S/C15H21N3O2/c1-11(2)15(3,20)10-18-14(19)9-17-13-6-4-12(8-16)5-7-13/h4-7,11,17,20H,9-10H2,1-3H3,(H,18,19). The molecule has 20 heavy (non-hydrogen) atoms. The first-order chi connectivity index (χ1) is 9.35. The van der Waals surface area contributed by atoms with Crippen LogP contribution in [0.4, 0.5) is 5.69 Å². The van der Waals surface area contributed by atoms with Gasteiger partial charge in [0.05, 0.1) is 23.8 Å². The topological polar surface area (TPSA) is 85.2 Å². The van der Waals surface area contributed by atoms with Gasteiger partial charge >= 0.3 is 0 Å². The van der Waals surface area contributed by atoms with Crippen molar-refractivity contribution >= 4 is 11.6 Å². The van der Waals surface area contributed by atoms with Gasteiger partial charge in [0.15, 0.2) is 0 Å². The molecule has 0 aliphatic heterocycles. The lowest BCUT2D eigenvalue weighted by Gasteiger charge is -2.27. The summed E-state index contributed by atoms with van der Waals surface area (Å²) in [6.07, 6.45) is 0. The Labute approximate surface area is 119 Å². The Morgan fingerprint density at radius 3 is 2.50 bits per heavy atom. The highest BCUT2D eigenvalue weighted by atomic mass is 16.3. The van der Waals surface area contributed by atoms with Crippen LogP contribution in [0.25, 0.3) is 0 Å². The van der Waals surface area contributed by atoms with E-state index >= 15 is 0 Å². The second-order valence-electron chi connectivity index (χ2n) is 5.33. The van der Waals surface area contributed by atoms with E-state index in [1.165, 1.54) is 0 Å². The highest BCUT2D eigenvalue weighted by Crippen LogP contribution is 2.14. The minimum atomic E-state index is -0.913. The van der Waals surface area contributed by atoms with Gasteiger partial charge < -0.3 is 15.7 Å². The Morgan fingerprint density at radius 2 is 2.00 bits per heavy atom. The number of nitrogens with one attached hydrogen (secondary N) is 2. The Hall–Kier alpha value is -2.06. The Morgan fingerprint density at radius 1 is 1.40 bits per heavy atom. The van der Waals surface area contributed by atoms with Crippen molar-refractivity contribution in [2.75, 3.05) is 18.4 Å². The second-order valence-corrected chi connectivity index (χ2v) is 5.33. The number of benzene rings is 1. The average molecular weight is 275 g/mol. The average Bonchev–Trinajstić information content (AvgIpc) is 2.43. The molecule has 0 fully saturated rings. The second kappa shape index (κ2) is 6.92. The summed E-state index contributed by atoms with van der Waals surface area (Å²) in [7, 11) is 0. The third kappa shape index (κ3) is 4.90. The van der Waals surface area contributed by atoms with Crippen LogP contribution in [0.1, 0.15) is 26.3 Å². The summed E-state index contributed by atoms with van der Waals surface area (Å²) in [6, 6.07) is 8.89. The third-order valence-corrected chi connectivity index (χ3v) is 3.35. The summed E-state index contributed by atoms with van der Waals surface area (Å²) >= 11 is 0. The van der Waals surface area contributed by atoms with Crippen LogP contribution in [0.2, 0.25) is 0 Å². The van der Waals surface area contributed by atoms with E-state index in [-0.39, 0.29) is 24.9 Å². The van der Waals surface area contributed by atoms with Crippen molar-refractivity contribution in [1.82, 2.24) is 5.32 Å². The van der Waals surface area contributed by atoms with Crippen LogP contribution in [0.3, 0.4) is 0 Å². The number of hydrogen-bond donors (Lipinski definition) is 3. The fourth-order valence-corrected chi connectivity index (χ4v) is 1.39. The van der Waals surface area contributed by atoms with E-state index in [4.69, 9.17) is 5.26 Å². The fraction of sp³-hybridized carbons (Fsp3) is 0.467. The van der Waals surface area contributed by atoms with Gasteiger partial charge in [-0.05, 0) is 37.1 Å². The number of carbonyl (C=O) groups excluding carboxylic acids is 1. The maximum absolute atomic E-state index is 11.7. The van der Waals surface area contributed by atoms with E-state index in [2.05, 4.69) is 10.6 Å². The van der Waals surface area contributed by atoms with Crippen LogP contribution in [0.15, 0.2) is 24.3 Å². The van der Waals surface area contributed by atoms with Gasteiger partial charge in [-0.15, -0.1) is 0 Å². The monoisotopic (exact) mass is 275 g/mol. The van der Waals surface area contributed by atoms with Crippen molar-refractivity contribution in [1.29, 1.82) is 5.26 Å². The molecule has 5 nitrogen and oxygen atoms in total. The summed E-state index contributed by atoms with van der Waals surface area (Å²) in [6.45, 7) is 5.85. The first kappa shape index (κ1) is 16.0. The number of anilines is 1. The number of aliphatic hydroxyl groups is 1. The molecule has 0 spiro atoms. The molecule has 0 heterocycles. The third-order valence-electron chi connectivity index (χ3n) is 3.35. The molecule has 5 heteroatoms. The smallest absolute Gasteiger partial charge is 0.239 e. The highest BCUT2D eigenvalue weighted by Gasteiger charge is 2.25. The quantitative estimate of drug-likeness (QED) is 0.734. The molecule has 3 N–H and O–H groups in total. The molecular formula is C15H21N3O2. The van der Waals surface area contributed by atoms with E-state index < -0.39 is 5.60 Å². The van der Waals surface area contributed by atoms with Gasteiger partial charge in [-0.25, -0.2) is 0 Å². The largest absolute Gasteiger partial charge is 0.388 e. The lowest BCUT2D eigenvalue weighted by molar-refractivity contribution is -0.120. The van der Waals surface area contributed by atoms with E-state index in [1.807, 2.05) is 19.9 Å². The van der Waals surface area contributed by atoms with Gasteiger partial charge in [0.1, 0.15) is 0 Å². The van der Waals surface area contributed by atoms with Crippen LogP contribution in [-0.4, -0.2) is 29.7 Å². The van der Waals surface area contributed by atoms with Crippen LogP contribution in [0, 0.1) is 17.2 Å². The lowest BCUT2D eigenvalue weighted by atomic mass is 9.92. The SMILES string of the molecule is CC(C)C(C)(O)CNC(=O)CNc1ccc(C#N)cc1. The normalized spacial score (nSPS) is 13.4. The van der Waals surface area contributed by atoms with E-state index in [9.17, 15) is 9.90 Å². The predicted octanol–water partition coefficient (Wildman–Crippen LogP) is 1.49. The number of rotatable bonds is 6. The summed E-state index contributed by atoms with van der Waals surface area (Å²) in [4.78, 5) is 11.7. The molecule has 0 aromatic heterocycles. The highest BCUT2D eigenvalue weighted by molar-refractivity contribution is 5.80. The van der Waals surface area contributed by atoms with Gasteiger partial charge in [-0.3, -0.25) is 4.79 Å². The van der Waals surface area contributed by atoms with Gasteiger partial charge in [0.25, 0.3) is 0 Å². The molecule has 0 radical (unpaired) electrons. The van der Waals surface area contributed by atoms with E-state index in [1.54, 1.807) is 31.2 Å². The number of nitrogens with zero attached hydrogens (tertiary/aromatic N) is 1. The van der Waals surface area contributed by atoms with Crippen molar-refractivity contribution in [2.45, 2.75) is 26.4 Å². The zero-order valence-electron chi connectivity index (χ0n) is 12.1. The van der Waals surface area contributed by atoms with E-state index in [0.717, 1.165) is 5.69 Å². The molecule has 1 atom stereocenters. The molecular weight excluding hydrogens is 254 g/mol. The van der Waals surface area contributed by atoms with Crippen LogP contribution >= 0.6 is 0 Å². The molecule has 1 unspecified atom stereocenters. The zero-order chi connectivity index (χ0) is 15.2. The first-order valence-electron chi connectivity index (χ1n) is 6.58. The van der Waals surface area contributed by atoms with Crippen LogP contribution in [0.5, 0.6) is 0 Å². The van der Waals surface area contributed by atoms with Gasteiger partial charge in [0, 0.05) is 12.2 Å². The van der Waals surface area contributed by atoms with Crippen molar-refractivity contribution in [3.8, 4) is 6.07 Å². The van der Waals surface area contributed by atoms with Gasteiger partial charge in [-0.1, -0.05) is 13.8 Å². The molecule has 0 bridgehead atoms. The number of nitriles is 1. The zero-order valence-corrected chi connectivity index (χ0v) is 12.1. The van der Waals surface area contributed by atoms with E-state index in [0.29, 0.717) is 5.56 Å². The summed E-state index contributed by atoms with van der Waals surface area (Å²) in [5, 5.41) is 24.3.